The number of carbonyl (C=O) groups is 3. The van der Waals surface area contributed by atoms with Crippen molar-refractivity contribution in [2.24, 2.45) is 0 Å². The Morgan fingerprint density at radius 2 is 1.19 bits per heavy atom. The molecular formula is C28H26N2O6. The second kappa shape index (κ2) is 8.71. The number of hydrogen-bond donors (Lipinski definition) is 0. The molecular weight excluding hydrogens is 460 g/mol. The van der Waals surface area contributed by atoms with Gasteiger partial charge in [-0.3, -0.25) is 19.3 Å². The molecule has 2 atom stereocenters. The van der Waals surface area contributed by atoms with Crippen molar-refractivity contribution in [3.63, 3.8) is 0 Å². The van der Waals surface area contributed by atoms with Crippen LogP contribution in [0.25, 0.3) is 0 Å². The van der Waals surface area contributed by atoms with Crippen LogP contribution in [0.2, 0.25) is 0 Å². The van der Waals surface area contributed by atoms with E-state index in [4.69, 9.17) is 14.2 Å². The van der Waals surface area contributed by atoms with Crippen molar-refractivity contribution < 1.29 is 28.6 Å². The molecule has 0 unspecified atom stereocenters. The molecule has 0 radical (unpaired) electrons. The maximum Gasteiger partial charge on any atom is 0.262 e. The van der Waals surface area contributed by atoms with Crippen LogP contribution in [0.15, 0.2) is 54.6 Å². The molecule has 184 valence electrons. The predicted octanol–water partition coefficient (Wildman–Crippen LogP) is 4.08. The highest BCUT2D eigenvalue weighted by molar-refractivity contribution is 6.24. The summed E-state index contributed by atoms with van der Waals surface area (Å²) in [5, 5.41) is 0. The van der Waals surface area contributed by atoms with E-state index in [1.807, 2.05) is 32.0 Å². The summed E-state index contributed by atoms with van der Waals surface area (Å²) < 4.78 is 16.5. The highest BCUT2D eigenvalue weighted by Crippen LogP contribution is 2.48. The van der Waals surface area contributed by atoms with E-state index >= 15 is 0 Å². The Bertz CT molecular complexity index is 1330. The molecule has 0 aromatic heterocycles. The number of rotatable bonds is 6. The third-order valence-electron chi connectivity index (χ3n) is 6.68. The molecule has 2 aliphatic heterocycles. The van der Waals surface area contributed by atoms with Gasteiger partial charge < -0.3 is 19.1 Å². The predicted molar refractivity (Wildman–Crippen MR) is 133 cm³/mol. The Hall–Kier alpha value is -4.33. The van der Waals surface area contributed by atoms with Gasteiger partial charge in [0.05, 0.1) is 38.5 Å². The molecule has 0 aliphatic carbocycles. The Labute approximate surface area is 209 Å². The summed E-state index contributed by atoms with van der Waals surface area (Å²) in [5.41, 5.74) is 3.90. The van der Waals surface area contributed by atoms with Gasteiger partial charge >= 0.3 is 0 Å². The van der Waals surface area contributed by atoms with Gasteiger partial charge in [0.15, 0.2) is 11.5 Å². The van der Waals surface area contributed by atoms with Gasteiger partial charge in [-0.15, -0.1) is 0 Å². The molecule has 0 bridgehead atoms. The van der Waals surface area contributed by atoms with Gasteiger partial charge in [-0.25, -0.2) is 0 Å². The maximum atomic E-state index is 13.7. The topological polar surface area (TPSA) is 85.4 Å². The molecule has 2 aliphatic rings. The second-order valence-electron chi connectivity index (χ2n) is 8.93. The van der Waals surface area contributed by atoms with E-state index in [2.05, 4.69) is 0 Å². The number of β-lactam (4-membered cyclic amide) rings is 1. The molecule has 2 heterocycles. The van der Waals surface area contributed by atoms with Crippen LogP contribution in [0.4, 0.5) is 5.69 Å². The number of imide groups is 1. The van der Waals surface area contributed by atoms with E-state index in [-0.39, 0.29) is 5.91 Å². The summed E-state index contributed by atoms with van der Waals surface area (Å²) in [6.07, 6.45) is 0. The van der Waals surface area contributed by atoms with Crippen molar-refractivity contribution in [3.8, 4) is 17.2 Å². The van der Waals surface area contributed by atoms with Crippen LogP contribution >= 0.6 is 0 Å². The SMILES string of the molecule is COc1cc([C@H]2[C@H](N3C(=O)c4ccccc4C3=O)C(=O)N2c2cc(C)cc(C)c2)cc(OC)c1OC. The zero-order valence-electron chi connectivity index (χ0n) is 20.7. The van der Waals surface area contributed by atoms with E-state index in [1.54, 1.807) is 41.3 Å². The number of benzene rings is 3. The molecule has 8 nitrogen and oxygen atoms in total. The zero-order valence-corrected chi connectivity index (χ0v) is 20.7. The van der Waals surface area contributed by atoms with Crippen molar-refractivity contribution in [1.29, 1.82) is 0 Å². The molecule has 3 amide bonds. The van der Waals surface area contributed by atoms with E-state index in [1.165, 1.54) is 21.3 Å². The van der Waals surface area contributed by atoms with Crippen LogP contribution in [0.1, 0.15) is 43.4 Å². The Balaban J connectivity index is 1.67. The number of amides is 3. The van der Waals surface area contributed by atoms with Crippen molar-refractivity contribution in [2.75, 3.05) is 26.2 Å². The van der Waals surface area contributed by atoms with Crippen LogP contribution in [-0.4, -0.2) is 50.0 Å². The third kappa shape index (κ3) is 3.40. The molecule has 3 aromatic rings. The summed E-state index contributed by atoms with van der Waals surface area (Å²) in [5.74, 6) is -0.0730. The maximum absolute atomic E-state index is 13.7. The van der Waals surface area contributed by atoms with Crippen molar-refractivity contribution in [1.82, 2.24) is 4.90 Å². The van der Waals surface area contributed by atoms with Gasteiger partial charge in [-0.05, 0) is 66.9 Å². The third-order valence-corrected chi connectivity index (χ3v) is 6.68. The Kier molecular flexibility index (Phi) is 5.67. The lowest BCUT2D eigenvalue weighted by atomic mass is 9.85. The first-order valence-corrected chi connectivity index (χ1v) is 11.5. The summed E-state index contributed by atoms with van der Waals surface area (Å²) >= 11 is 0. The van der Waals surface area contributed by atoms with Gasteiger partial charge in [0.25, 0.3) is 17.7 Å². The monoisotopic (exact) mass is 486 g/mol. The molecule has 36 heavy (non-hydrogen) atoms. The molecule has 1 saturated heterocycles. The Morgan fingerprint density at radius 1 is 0.667 bits per heavy atom. The van der Waals surface area contributed by atoms with E-state index < -0.39 is 23.9 Å². The number of hydrogen-bond acceptors (Lipinski definition) is 6. The first-order valence-electron chi connectivity index (χ1n) is 11.5. The van der Waals surface area contributed by atoms with E-state index in [9.17, 15) is 14.4 Å². The summed E-state index contributed by atoms with van der Waals surface area (Å²) in [7, 11) is 4.53. The van der Waals surface area contributed by atoms with Crippen LogP contribution < -0.4 is 19.1 Å². The zero-order chi connectivity index (χ0) is 25.7. The van der Waals surface area contributed by atoms with Gasteiger partial charge in [-0.2, -0.15) is 0 Å². The molecule has 0 spiro atoms. The van der Waals surface area contributed by atoms with Gasteiger partial charge in [0.2, 0.25) is 5.75 Å². The first kappa shape index (κ1) is 23.4. The summed E-state index contributed by atoms with van der Waals surface area (Å²) in [6, 6.07) is 14.3. The lowest BCUT2D eigenvalue weighted by Crippen LogP contribution is -2.67. The molecule has 0 N–H and O–H groups in total. The Morgan fingerprint density at radius 3 is 1.67 bits per heavy atom. The minimum Gasteiger partial charge on any atom is -0.493 e. The lowest BCUT2D eigenvalue weighted by Gasteiger charge is -2.50. The number of ether oxygens (including phenoxy) is 3. The van der Waals surface area contributed by atoms with Crippen LogP contribution in [-0.2, 0) is 4.79 Å². The minimum absolute atomic E-state index is 0.295. The molecule has 5 rings (SSSR count). The number of methoxy groups -OCH3 is 3. The largest absolute Gasteiger partial charge is 0.493 e. The second-order valence-corrected chi connectivity index (χ2v) is 8.93. The quantitative estimate of drug-likeness (QED) is 0.386. The molecule has 3 aromatic carbocycles. The average molecular weight is 487 g/mol. The number of anilines is 1. The summed E-state index contributed by atoms with van der Waals surface area (Å²) in [6.45, 7) is 3.91. The van der Waals surface area contributed by atoms with E-state index in [0.29, 0.717) is 39.6 Å². The fourth-order valence-electron chi connectivity index (χ4n) is 5.17. The van der Waals surface area contributed by atoms with Crippen molar-refractivity contribution in [2.45, 2.75) is 25.9 Å². The number of aryl methyl sites for hydroxylation is 2. The van der Waals surface area contributed by atoms with Crippen molar-refractivity contribution in [3.05, 3.63) is 82.4 Å². The number of fused-ring (bicyclic) bond motifs is 1. The van der Waals surface area contributed by atoms with Gasteiger partial charge in [0, 0.05) is 5.69 Å². The van der Waals surface area contributed by atoms with Crippen molar-refractivity contribution >= 4 is 23.4 Å². The fraction of sp³-hybridized carbons (Fsp3) is 0.250. The summed E-state index contributed by atoms with van der Waals surface area (Å²) in [4.78, 5) is 43.1. The normalized spacial score (nSPS) is 18.8. The van der Waals surface area contributed by atoms with Crippen LogP contribution in [0, 0.1) is 13.8 Å². The molecule has 1 fully saturated rings. The van der Waals surface area contributed by atoms with E-state index in [0.717, 1.165) is 16.0 Å². The first-order chi connectivity index (χ1) is 17.3. The van der Waals surface area contributed by atoms with Crippen LogP contribution in [0.3, 0.4) is 0 Å². The average Bonchev–Trinajstić information content (AvgIpc) is 3.11. The lowest BCUT2D eigenvalue weighted by molar-refractivity contribution is -0.130. The van der Waals surface area contributed by atoms with Crippen LogP contribution in [0.5, 0.6) is 17.2 Å². The fourth-order valence-corrected chi connectivity index (χ4v) is 5.17. The van der Waals surface area contributed by atoms with Gasteiger partial charge in [-0.1, -0.05) is 18.2 Å². The highest BCUT2D eigenvalue weighted by Gasteiger charge is 2.57. The van der Waals surface area contributed by atoms with Gasteiger partial charge in [0.1, 0.15) is 6.04 Å². The number of carbonyl (C=O) groups excluding carboxylic acids is 3. The standard InChI is InChI=1S/C28H26N2O6/c1-15-10-16(2)12-18(11-15)29-23(17-13-21(34-3)25(36-5)22(14-17)35-4)24(28(29)33)30-26(31)19-8-6-7-9-20(19)27(30)32/h6-14,23-24H,1-5H3/t23-,24-/m0/s1. The smallest absolute Gasteiger partial charge is 0.262 e. The minimum atomic E-state index is -1.03. The number of nitrogens with zero attached hydrogens (tertiary/aromatic N) is 2. The molecule has 8 heteroatoms. The highest BCUT2D eigenvalue weighted by atomic mass is 16.5. The molecule has 0 saturated carbocycles.